The van der Waals surface area contributed by atoms with Gasteiger partial charge in [-0.3, -0.25) is 24.1 Å². The molecule has 7 atom stereocenters. The summed E-state index contributed by atoms with van der Waals surface area (Å²) >= 11 is 2.78. The second-order valence-corrected chi connectivity index (χ2v) is 11.5. The number of likely N-dealkylation sites (tertiary alicyclic amines) is 1. The highest BCUT2D eigenvalue weighted by molar-refractivity contribution is 8.00. The van der Waals surface area contributed by atoms with Crippen molar-refractivity contribution in [1.29, 1.82) is 0 Å². The molecule has 0 spiro atoms. The van der Waals surface area contributed by atoms with Crippen molar-refractivity contribution in [2.45, 2.75) is 35.5 Å². The molecule has 2 bridgehead atoms. The molecule has 2 amide bonds. The number of carbonyl (C=O) groups is 3. The summed E-state index contributed by atoms with van der Waals surface area (Å²) in [5, 5.41) is 9.82. The van der Waals surface area contributed by atoms with E-state index in [1.165, 1.54) is 28.4 Å². The molecule has 6 unspecified atom stereocenters. The Balaban J connectivity index is 1.37. The number of H-pyrrole nitrogens is 1. The maximum absolute atomic E-state index is 13.7. The summed E-state index contributed by atoms with van der Waals surface area (Å²) in [4.78, 5) is 54.7. The number of rotatable bonds is 5. The Hall–Kier alpha value is -2.46. The lowest BCUT2D eigenvalue weighted by Gasteiger charge is -2.43. The summed E-state index contributed by atoms with van der Waals surface area (Å²) in [5.74, 6) is -2.44. The van der Waals surface area contributed by atoms with Gasteiger partial charge in [-0.05, 0) is 48.3 Å². The third-order valence-electron chi connectivity index (χ3n) is 7.82. The summed E-state index contributed by atoms with van der Waals surface area (Å²) in [6, 6.07) is 6.35. The van der Waals surface area contributed by atoms with Gasteiger partial charge in [0.1, 0.15) is 5.82 Å². The second kappa shape index (κ2) is 7.53. The van der Waals surface area contributed by atoms with E-state index in [9.17, 15) is 23.6 Å². The number of amides is 2. The molecular formula is C23H21FN2O5S2. The highest BCUT2D eigenvalue weighted by atomic mass is 32.2. The number of aromatic amines is 1. The van der Waals surface area contributed by atoms with Gasteiger partial charge in [-0.1, -0.05) is 23.5 Å². The first kappa shape index (κ1) is 21.1. The number of aliphatic carboxylic acids is 1. The number of carboxylic acid groups (broad SMARTS) is 1. The molecule has 1 saturated heterocycles. The van der Waals surface area contributed by atoms with Gasteiger partial charge in [-0.2, -0.15) is 0 Å². The number of carbonyl (C=O) groups excluding carboxylic acids is 2. The van der Waals surface area contributed by atoms with Gasteiger partial charge in [0, 0.05) is 29.0 Å². The fraction of sp³-hybridized carbons (Fsp3) is 0.478. The molecule has 4 aliphatic rings. The van der Waals surface area contributed by atoms with Crippen LogP contribution in [-0.4, -0.2) is 44.6 Å². The van der Waals surface area contributed by atoms with Crippen LogP contribution >= 0.6 is 23.1 Å². The Morgan fingerprint density at radius 2 is 1.82 bits per heavy atom. The Morgan fingerprint density at radius 1 is 1.12 bits per heavy atom. The predicted octanol–water partition coefficient (Wildman–Crippen LogP) is 2.91. The molecule has 10 heteroatoms. The molecule has 1 aromatic heterocycles. The number of benzene rings is 1. The number of fused-ring (bicyclic) bond motifs is 9. The van der Waals surface area contributed by atoms with Gasteiger partial charge in [0.05, 0.1) is 16.9 Å². The fourth-order valence-corrected chi connectivity index (χ4v) is 9.62. The van der Waals surface area contributed by atoms with Crippen molar-refractivity contribution in [2.75, 3.05) is 6.54 Å². The average Bonchev–Trinajstić information content (AvgIpc) is 3.49. The van der Waals surface area contributed by atoms with E-state index in [1.54, 1.807) is 23.9 Å². The third-order valence-corrected chi connectivity index (χ3v) is 10.4. The van der Waals surface area contributed by atoms with Gasteiger partial charge in [-0.25, -0.2) is 4.39 Å². The fourth-order valence-electron chi connectivity index (χ4n) is 6.73. The number of thioether (sulfide) groups is 1. The minimum Gasteiger partial charge on any atom is -0.481 e. The van der Waals surface area contributed by atoms with Crippen LogP contribution in [0.25, 0.3) is 0 Å². The first-order valence-electron chi connectivity index (χ1n) is 11.1. The molecule has 1 aromatic carbocycles. The van der Waals surface area contributed by atoms with E-state index in [0.717, 1.165) is 21.9 Å². The van der Waals surface area contributed by atoms with Crippen LogP contribution < -0.4 is 4.87 Å². The zero-order chi connectivity index (χ0) is 23.0. The molecule has 2 aromatic rings. The lowest BCUT2D eigenvalue weighted by molar-refractivity contribution is -0.142. The maximum Gasteiger partial charge on any atom is 0.305 e. The highest BCUT2D eigenvalue weighted by Gasteiger charge is 2.69. The summed E-state index contributed by atoms with van der Waals surface area (Å²) in [6.07, 6.45) is 0.954. The quantitative estimate of drug-likeness (QED) is 0.627. The Kier molecular flexibility index (Phi) is 4.81. The van der Waals surface area contributed by atoms with E-state index in [-0.39, 0.29) is 76.7 Å². The molecule has 33 heavy (non-hydrogen) atoms. The number of halogens is 1. The molecule has 2 saturated carbocycles. The largest absolute Gasteiger partial charge is 0.481 e. The number of nitrogens with zero attached hydrogens (tertiary/aromatic N) is 1. The van der Waals surface area contributed by atoms with Gasteiger partial charge in [-0.15, -0.1) is 11.8 Å². The van der Waals surface area contributed by atoms with E-state index in [2.05, 4.69) is 4.98 Å². The highest BCUT2D eigenvalue weighted by Crippen LogP contribution is 2.68. The molecule has 172 valence electrons. The van der Waals surface area contributed by atoms with Crippen molar-refractivity contribution in [3.8, 4) is 0 Å². The smallest absolute Gasteiger partial charge is 0.305 e. The lowest BCUT2D eigenvalue weighted by atomic mass is 9.68. The van der Waals surface area contributed by atoms with Crippen molar-refractivity contribution in [1.82, 2.24) is 9.88 Å². The number of hydrogen-bond acceptors (Lipinski definition) is 6. The SMILES string of the molecule is O=C(O)CCCN1C(=O)C2C3CC(C2C1=O)C1C3Sc2[nH]c(=O)sc2[C@@H]1c1ccc(F)cc1. The van der Waals surface area contributed by atoms with Gasteiger partial charge < -0.3 is 10.1 Å². The van der Waals surface area contributed by atoms with Crippen molar-refractivity contribution in [3.05, 3.63) is 50.2 Å². The van der Waals surface area contributed by atoms with Crippen LogP contribution in [0, 0.1) is 35.4 Å². The third kappa shape index (κ3) is 3.06. The van der Waals surface area contributed by atoms with Crippen LogP contribution in [-0.2, 0) is 14.4 Å². The molecule has 2 N–H and O–H groups in total. The molecule has 3 heterocycles. The number of carboxylic acids is 1. The van der Waals surface area contributed by atoms with Crippen LogP contribution in [0.3, 0.4) is 0 Å². The van der Waals surface area contributed by atoms with Gasteiger partial charge in [0.2, 0.25) is 11.8 Å². The number of imide groups is 1. The maximum atomic E-state index is 13.7. The molecule has 6 rings (SSSR count). The standard InChI is InChI=1S/C23H21FN2O5S2/c24-10-5-3-9(4-6-10)14-15-11-8-12(18(15)32-20-19(14)33-23(31)25-20)17-16(11)21(29)26(22(17)30)7-1-2-13(27)28/h3-6,11-12,14-18H,1-2,7-8H2,(H,25,31)(H,27,28)/t11?,12?,14-,15?,16?,17?,18?/m1/s1. The Morgan fingerprint density at radius 3 is 2.52 bits per heavy atom. The van der Waals surface area contributed by atoms with Crippen molar-refractivity contribution in [2.24, 2.45) is 29.6 Å². The molecule has 0 radical (unpaired) electrons. The summed E-state index contributed by atoms with van der Waals surface area (Å²) in [6.45, 7) is 0.140. The number of aromatic nitrogens is 1. The average molecular weight is 489 g/mol. The van der Waals surface area contributed by atoms with E-state index in [1.807, 2.05) is 0 Å². The minimum absolute atomic E-state index is 0.00108. The predicted molar refractivity (Wildman–Crippen MR) is 118 cm³/mol. The summed E-state index contributed by atoms with van der Waals surface area (Å²) in [7, 11) is 0. The second-order valence-electron chi connectivity index (χ2n) is 9.34. The molecular weight excluding hydrogens is 467 g/mol. The topological polar surface area (TPSA) is 108 Å². The van der Waals surface area contributed by atoms with Gasteiger partial charge in [0.25, 0.3) is 0 Å². The minimum atomic E-state index is -0.945. The normalized spacial score (nSPS) is 33.8. The summed E-state index contributed by atoms with van der Waals surface area (Å²) < 4.78 is 13.7. The monoisotopic (exact) mass is 488 g/mol. The van der Waals surface area contributed by atoms with Crippen LogP contribution in [0.4, 0.5) is 4.39 Å². The van der Waals surface area contributed by atoms with E-state index < -0.39 is 11.9 Å². The van der Waals surface area contributed by atoms with Crippen molar-refractivity contribution in [3.63, 3.8) is 0 Å². The van der Waals surface area contributed by atoms with Gasteiger partial charge in [0.15, 0.2) is 0 Å². The molecule has 7 nitrogen and oxygen atoms in total. The molecule has 2 aliphatic heterocycles. The Labute approximate surface area is 196 Å². The van der Waals surface area contributed by atoms with E-state index in [4.69, 9.17) is 5.11 Å². The zero-order valence-corrected chi connectivity index (χ0v) is 19.0. The van der Waals surface area contributed by atoms with Gasteiger partial charge >= 0.3 is 10.8 Å². The first-order valence-corrected chi connectivity index (χ1v) is 12.8. The number of thiazole rings is 1. The number of nitrogens with one attached hydrogen (secondary N) is 1. The Bertz CT molecular complexity index is 1220. The van der Waals surface area contributed by atoms with Crippen molar-refractivity contribution < 1.29 is 23.9 Å². The van der Waals surface area contributed by atoms with E-state index >= 15 is 0 Å². The summed E-state index contributed by atoms with van der Waals surface area (Å²) in [5.41, 5.74) is 0.919. The van der Waals surface area contributed by atoms with Crippen LogP contribution in [0.5, 0.6) is 0 Å². The molecule has 3 fully saturated rings. The zero-order valence-electron chi connectivity index (χ0n) is 17.4. The number of hydrogen-bond donors (Lipinski definition) is 2. The van der Waals surface area contributed by atoms with Crippen molar-refractivity contribution >= 4 is 40.9 Å². The van der Waals surface area contributed by atoms with Crippen LogP contribution in [0.1, 0.15) is 35.6 Å². The van der Waals surface area contributed by atoms with Crippen LogP contribution in [0.15, 0.2) is 34.1 Å². The van der Waals surface area contributed by atoms with Crippen LogP contribution in [0.2, 0.25) is 0 Å². The van der Waals surface area contributed by atoms with E-state index in [0.29, 0.717) is 0 Å². The molecule has 2 aliphatic carbocycles. The first-order chi connectivity index (χ1) is 15.8. The lowest BCUT2D eigenvalue weighted by Crippen LogP contribution is -2.42.